The molecule has 1 saturated carbocycles. The molecule has 134 valence electrons. The quantitative estimate of drug-likeness (QED) is 0.813. The van der Waals surface area contributed by atoms with Crippen molar-refractivity contribution in [1.29, 1.82) is 0 Å². The first kappa shape index (κ1) is 17.9. The Morgan fingerprint density at radius 3 is 2.80 bits per heavy atom. The predicted octanol–water partition coefficient (Wildman–Crippen LogP) is 3.95. The number of anilines is 1. The molecule has 1 aliphatic carbocycles. The van der Waals surface area contributed by atoms with Crippen molar-refractivity contribution in [2.45, 2.75) is 52.2 Å². The van der Waals surface area contributed by atoms with Crippen LogP contribution < -0.4 is 4.90 Å². The topological polar surface area (TPSA) is 56.7 Å². The summed E-state index contributed by atoms with van der Waals surface area (Å²) in [4.78, 5) is 20.7. The summed E-state index contributed by atoms with van der Waals surface area (Å²) in [5.41, 5.74) is 2.07. The van der Waals surface area contributed by atoms with E-state index in [4.69, 9.17) is 4.98 Å². The van der Waals surface area contributed by atoms with Gasteiger partial charge in [-0.05, 0) is 44.0 Å². The highest BCUT2D eigenvalue weighted by molar-refractivity contribution is 7.14. The van der Waals surface area contributed by atoms with Crippen molar-refractivity contribution in [2.24, 2.45) is 0 Å². The second-order valence-corrected chi connectivity index (χ2v) is 7.41. The fourth-order valence-electron chi connectivity index (χ4n) is 3.09. The monoisotopic (exact) mass is 359 g/mol. The fraction of sp³-hybridized carbons (Fsp3) is 0.474. The van der Waals surface area contributed by atoms with Gasteiger partial charge in [-0.3, -0.25) is 14.6 Å². The number of carbonyl (C=O) groups is 1. The van der Waals surface area contributed by atoms with Crippen molar-refractivity contribution in [3.05, 3.63) is 40.9 Å². The summed E-state index contributed by atoms with van der Waals surface area (Å²) in [5.74, 6) is 0.363. The maximum Gasteiger partial charge on any atom is 0.225 e. The fourth-order valence-corrected chi connectivity index (χ4v) is 4.02. The molecule has 0 saturated heterocycles. The van der Waals surface area contributed by atoms with E-state index in [2.05, 4.69) is 18.7 Å². The molecule has 0 aliphatic heterocycles. The second-order valence-electron chi connectivity index (χ2n) is 6.58. The molecule has 1 heterocycles. The number of hydrogen-bond acceptors (Lipinski definition) is 5. The van der Waals surface area contributed by atoms with Crippen LogP contribution in [-0.2, 0) is 11.3 Å². The van der Waals surface area contributed by atoms with Gasteiger partial charge in [0.2, 0.25) is 5.91 Å². The van der Waals surface area contributed by atoms with E-state index in [-0.39, 0.29) is 17.7 Å². The van der Waals surface area contributed by atoms with Gasteiger partial charge in [0.15, 0.2) is 5.13 Å². The van der Waals surface area contributed by atoms with Crippen LogP contribution in [0, 0.1) is 0 Å². The molecular formula is C19H25N3O2S. The SMILES string of the molecule is CCN(Cc1csc(N(C(C)=O)C2CC2)n1)C(C)c1cccc(O)c1. The highest BCUT2D eigenvalue weighted by Crippen LogP contribution is 2.34. The van der Waals surface area contributed by atoms with Gasteiger partial charge >= 0.3 is 0 Å². The number of aromatic nitrogens is 1. The molecule has 6 heteroatoms. The third kappa shape index (κ3) is 4.19. The second kappa shape index (κ2) is 7.54. The Morgan fingerprint density at radius 1 is 1.44 bits per heavy atom. The van der Waals surface area contributed by atoms with E-state index >= 15 is 0 Å². The Bertz CT molecular complexity index is 742. The standard InChI is InChI=1S/C19H25N3O2S/c1-4-21(13(2)15-6-5-7-18(24)10-15)11-16-12-25-19(20-16)22(14(3)23)17-8-9-17/h5-7,10,12-13,17,24H,4,8-9,11H2,1-3H3. The first-order chi connectivity index (χ1) is 12.0. The van der Waals surface area contributed by atoms with E-state index in [1.165, 1.54) is 0 Å². The molecule has 1 N–H and O–H groups in total. The average Bonchev–Trinajstić information content (AvgIpc) is 3.30. The van der Waals surface area contributed by atoms with Gasteiger partial charge in [0.05, 0.1) is 5.69 Å². The molecule has 1 fully saturated rings. The average molecular weight is 359 g/mol. The van der Waals surface area contributed by atoms with Crippen LogP contribution in [0.2, 0.25) is 0 Å². The number of phenolic OH excluding ortho intramolecular Hbond substituents is 1. The number of aromatic hydroxyl groups is 1. The Balaban J connectivity index is 1.73. The number of thiazole rings is 1. The molecule has 5 nitrogen and oxygen atoms in total. The zero-order chi connectivity index (χ0) is 18.0. The summed E-state index contributed by atoms with van der Waals surface area (Å²) < 4.78 is 0. The summed E-state index contributed by atoms with van der Waals surface area (Å²) >= 11 is 1.54. The van der Waals surface area contributed by atoms with Gasteiger partial charge in [-0.2, -0.15) is 0 Å². The molecule has 1 atom stereocenters. The van der Waals surface area contributed by atoms with Crippen LogP contribution in [0.4, 0.5) is 5.13 Å². The normalized spacial score (nSPS) is 15.4. The number of benzene rings is 1. The number of phenols is 1. The van der Waals surface area contributed by atoms with Crippen LogP contribution in [-0.4, -0.2) is 33.5 Å². The van der Waals surface area contributed by atoms with E-state index in [0.29, 0.717) is 6.04 Å². The highest BCUT2D eigenvalue weighted by atomic mass is 32.1. The van der Waals surface area contributed by atoms with E-state index < -0.39 is 0 Å². The van der Waals surface area contributed by atoms with Gasteiger partial charge in [-0.25, -0.2) is 4.98 Å². The van der Waals surface area contributed by atoms with Crippen molar-refractivity contribution in [1.82, 2.24) is 9.88 Å². The highest BCUT2D eigenvalue weighted by Gasteiger charge is 2.33. The lowest BCUT2D eigenvalue weighted by molar-refractivity contribution is -0.116. The Hall–Kier alpha value is -1.92. The first-order valence-electron chi connectivity index (χ1n) is 8.76. The zero-order valence-corrected chi connectivity index (χ0v) is 15.8. The van der Waals surface area contributed by atoms with E-state index in [1.807, 2.05) is 28.5 Å². The molecule has 1 aliphatic rings. The number of rotatable bonds is 7. The molecule has 1 aromatic carbocycles. The molecule has 1 unspecified atom stereocenters. The van der Waals surface area contributed by atoms with Crippen molar-refractivity contribution in [2.75, 3.05) is 11.4 Å². The van der Waals surface area contributed by atoms with E-state index in [1.54, 1.807) is 24.3 Å². The zero-order valence-electron chi connectivity index (χ0n) is 15.0. The Labute approximate surface area is 152 Å². The van der Waals surface area contributed by atoms with Crippen molar-refractivity contribution in [3.8, 4) is 5.75 Å². The van der Waals surface area contributed by atoms with Gasteiger partial charge in [-0.15, -0.1) is 11.3 Å². The largest absolute Gasteiger partial charge is 0.508 e. The summed E-state index contributed by atoms with van der Waals surface area (Å²) in [5, 5.41) is 12.6. The molecule has 0 bridgehead atoms. The summed E-state index contributed by atoms with van der Waals surface area (Å²) in [6, 6.07) is 7.91. The molecule has 0 radical (unpaired) electrons. The lowest BCUT2D eigenvalue weighted by atomic mass is 10.1. The van der Waals surface area contributed by atoms with Gasteiger partial charge < -0.3 is 5.11 Å². The minimum absolute atomic E-state index is 0.0730. The Kier molecular flexibility index (Phi) is 5.39. The molecular weight excluding hydrogens is 334 g/mol. The minimum Gasteiger partial charge on any atom is -0.508 e. The smallest absolute Gasteiger partial charge is 0.225 e. The first-order valence-corrected chi connectivity index (χ1v) is 9.64. The van der Waals surface area contributed by atoms with Crippen LogP contribution in [0.15, 0.2) is 29.6 Å². The van der Waals surface area contributed by atoms with Gasteiger partial charge in [-0.1, -0.05) is 19.1 Å². The third-order valence-corrected chi connectivity index (χ3v) is 5.56. The van der Waals surface area contributed by atoms with Crippen LogP contribution in [0.5, 0.6) is 5.75 Å². The summed E-state index contributed by atoms with van der Waals surface area (Å²) in [6.45, 7) is 7.47. The maximum absolute atomic E-state index is 11.9. The molecule has 1 aromatic heterocycles. The number of nitrogens with zero attached hydrogens (tertiary/aromatic N) is 3. The minimum atomic E-state index is 0.0730. The lowest BCUT2D eigenvalue weighted by Gasteiger charge is -2.27. The van der Waals surface area contributed by atoms with Crippen LogP contribution in [0.1, 0.15) is 50.9 Å². The van der Waals surface area contributed by atoms with E-state index in [0.717, 1.165) is 42.3 Å². The van der Waals surface area contributed by atoms with Crippen LogP contribution in [0.25, 0.3) is 0 Å². The van der Waals surface area contributed by atoms with Crippen molar-refractivity contribution >= 4 is 22.4 Å². The number of carbonyl (C=O) groups excluding carboxylic acids is 1. The van der Waals surface area contributed by atoms with Gasteiger partial charge in [0.25, 0.3) is 0 Å². The van der Waals surface area contributed by atoms with Gasteiger partial charge in [0, 0.05) is 30.9 Å². The lowest BCUT2D eigenvalue weighted by Crippen LogP contribution is -2.30. The summed E-state index contributed by atoms with van der Waals surface area (Å²) in [6.07, 6.45) is 2.15. The Morgan fingerprint density at radius 2 is 2.20 bits per heavy atom. The van der Waals surface area contributed by atoms with Crippen molar-refractivity contribution in [3.63, 3.8) is 0 Å². The van der Waals surface area contributed by atoms with Crippen LogP contribution in [0.3, 0.4) is 0 Å². The number of amides is 1. The predicted molar refractivity (Wildman–Crippen MR) is 101 cm³/mol. The van der Waals surface area contributed by atoms with E-state index in [9.17, 15) is 9.90 Å². The van der Waals surface area contributed by atoms with Gasteiger partial charge in [0.1, 0.15) is 5.75 Å². The molecule has 0 spiro atoms. The maximum atomic E-state index is 11.9. The van der Waals surface area contributed by atoms with Crippen molar-refractivity contribution < 1.29 is 9.90 Å². The molecule has 3 rings (SSSR count). The third-order valence-electron chi connectivity index (χ3n) is 4.67. The summed E-state index contributed by atoms with van der Waals surface area (Å²) in [7, 11) is 0. The number of hydrogen-bond donors (Lipinski definition) is 1. The molecule has 1 amide bonds. The molecule has 25 heavy (non-hydrogen) atoms. The van der Waals surface area contributed by atoms with Crippen LogP contribution >= 0.6 is 11.3 Å². The molecule has 2 aromatic rings.